The third kappa shape index (κ3) is 2.44. The van der Waals surface area contributed by atoms with Gasteiger partial charge in [0.2, 0.25) is 0 Å². The van der Waals surface area contributed by atoms with Crippen molar-refractivity contribution < 1.29 is 26.3 Å². The summed E-state index contributed by atoms with van der Waals surface area (Å²) in [4.78, 5) is 0. The molecule has 0 aliphatic heterocycles. The zero-order valence-electron chi connectivity index (χ0n) is 5.78. The first-order valence-corrected chi connectivity index (χ1v) is 4.98. The van der Waals surface area contributed by atoms with Crippen LogP contribution in [-0.4, -0.2) is 19.9 Å². The van der Waals surface area contributed by atoms with Gasteiger partial charge in [-0.2, -0.15) is 17.6 Å². The molecule has 0 N–H and O–H groups in total. The minimum Gasteiger partial charge on any atom is -0.216 e. The third-order valence-corrected chi connectivity index (χ3v) is 3.33. The molecule has 86 valence electrons. The molecule has 0 aromatic rings. The quantitative estimate of drug-likeness (QED) is 0.479. The average molecular weight is 393 g/mol. The van der Waals surface area contributed by atoms with Gasteiger partial charge in [0.25, 0.3) is 0 Å². The van der Waals surface area contributed by atoms with Crippen molar-refractivity contribution in [1.82, 2.24) is 0 Å². The van der Waals surface area contributed by atoms with Gasteiger partial charge >= 0.3 is 19.9 Å². The Morgan fingerprint density at radius 2 is 1.07 bits per heavy atom. The molecule has 0 saturated carbocycles. The smallest absolute Gasteiger partial charge is 0.216 e. The second kappa shape index (κ2) is 3.85. The molecule has 0 nitrogen and oxygen atoms in total. The normalized spacial score (nSPS) is 22.7. The largest absolute Gasteiger partial charge is 0.371 e. The van der Waals surface area contributed by atoms with Crippen molar-refractivity contribution >= 4 is 55.1 Å². The highest BCUT2D eigenvalue weighted by atomic mass is 79.9. The summed E-state index contributed by atoms with van der Waals surface area (Å²) in [6.45, 7) is 0. The molecule has 0 aliphatic rings. The van der Waals surface area contributed by atoms with E-state index in [0.29, 0.717) is 0 Å². The summed E-state index contributed by atoms with van der Waals surface area (Å²) < 4.78 is 65.9. The second-order valence-electron chi connectivity index (χ2n) is 2.14. The molecule has 0 aliphatic carbocycles. The first-order valence-electron chi connectivity index (χ1n) is 2.64. The summed E-state index contributed by atoms with van der Waals surface area (Å²) in [6, 6.07) is 0. The maximum atomic E-state index is 12.8. The van der Waals surface area contributed by atoms with Gasteiger partial charge in [0.05, 0.1) is 0 Å². The van der Waals surface area contributed by atoms with E-state index in [-0.39, 0.29) is 0 Å². The minimum atomic E-state index is -5.30. The Morgan fingerprint density at radius 1 is 0.786 bits per heavy atom. The molecular formula is C4Br2Cl2F6. The standard InChI is InChI=1S/C4Br2Cl2F6/c5-1(9,4(8,13)14)2(10,11)3(6,7)12/t1-,3+/m1/s1. The van der Waals surface area contributed by atoms with E-state index in [0.717, 1.165) is 0 Å². The summed E-state index contributed by atoms with van der Waals surface area (Å²) in [6.07, 6.45) is 0. The Kier molecular flexibility index (Phi) is 4.16. The van der Waals surface area contributed by atoms with Crippen molar-refractivity contribution in [3.05, 3.63) is 0 Å². The molecular weight excluding hydrogens is 393 g/mol. The number of alkyl halides is 10. The lowest BCUT2D eigenvalue weighted by molar-refractivity contribution is -0.183. The van der Waals surface area contributed by atoms with Gasteiger partial charge in [-0.15, -0.1) is 0 Å². The molecule has 0 amide bonds. The van der Waals surface area contributed by atoms with Gasteiger partial charge in [-0.05, 0) is 43.5 Å². The fourth-order valence-corrected chi connectivity index (χ4v) is 1.53. The topological polar surface area (TPSA) is 0 Å². The zero-order valence-corrected chi connectivity index (χ0v) is 10.5. The van der Waals surface area contributed by atoms with E-state index in [2.05, 4.69) is 23.2 Å². The molecule has 0 radical (unpaired) electrons. The third-order valence-electron chi connectivity index (χ3n) is 1.11. The van der Waals surface area contributed by atoms with Crippen molar-refractivity contribution in [2.45, 2.75) is 19.9 Å². The maximum Gasteiger partial charge on any atom is 0.371 e. The van der Waals surface area contributed by atoms with Crippen molar-refractivity contribution in [2.75, 3.05) is 0 Å². The highest BCUT2D eigenvalue weighted by molar-refractivity contribution is 9.11. The van der Waals surface area contributed by atoms with Crippen LogP contribution in [0.2, 0.25) is 0 Å². The molecule has 0 spiro atoms. The van der Waals surface area contributed by atoms with Gasteiger partial charge in [0.1, 0.15) is 0 Å². The first-order chi connectivity index (χ1) is 5.75. The Balaban J connectivity index is 5.30. The molecule has 10 heteroatoms. The molecule has 0 unspecified atom stereocenters. The van der Waals surface area contributed by atoms with Crippen LogP contribution in [0.15, 0.2) is 0 Å². The van der Waals surface area contributed by atoms with Crippen LogP contribution in [-0.2, 0) is 0 Å². The molecule has 0 fully saturated rings. The molecule has 0 aromatic carbocycles. The maximum absolute atomic E-state index is 12.8. The molecule has 0 saturated heterocycles. The Morgan fingerprint density at radius 3 is 1.14 bits per heavy atom. The average Bonchev–Trinajstić information content (AvgIpc) is 1.81. The van der Waals surface area contributed by atoms with Crippen LogP contribution < -0.4 is 0 Å². The van der Waals surface area contributed by atoms with Crippen molar-refractivity contribution in [1.29, 1.82) is 0 Å². The Hall–Kier alpha value is 1.12. The summed E-state index contributed by atoms with van der Waals surface area (Å²) in [5, 5.41) is -5.05. The van der Waals surface area contributed by atoms with Gasteiger partial charge in [-0.3, -0.25) is 0 Å². The lowest BCUT2D eigenvalue weighted by Crippen LogP contribution is -2.56. The van der Waals surface area contributed by atoms with Crippen LogP contribution in [0.3, 0.4) is 0 Å². The van der Waals surface area contributed by atoms with Gasteiger partial charge in [-0.25, -0.2) is 8.78 Å². The van der Waals surface area contributed by atoms with E-state index in [9.17, 15) is 26.3 Å². The highest BCUT2D eigenvalue weighted by Crippen LogP contribution is 2.58. The lowest BCUT2D eigenvalue weighted by Gasteiger charge is -2.34. The van der Waals surface area contributed by atoms with Gasteiger partial charge in [0, 0.05) is 0 Å². The number of halogens is 10. The molecule has 0 bridgehead atoms. The highest BCUT2D eigenvalue weighted by Gasteiger charge is 2.76. The van der Waals surface area contributed by atoms with Gasteiger partial charge in [-0.1, -0.05) is 11.6 Å². The lowest BCUT2D eigenvalue weighted by atomic mass is 10.2. The predicted molar refractivity (Wildman–Crippen MR) is 47.1 cm³/mol. The number of rotatable bonds is 3. The van der Waals surface area contributed by atoms with E-state index in [4.69, 9.17) is 0 Å². The van der Waals surface area contributed by atoms with E-state index < -0.39 is 19.9 Å². The SMILES string of the molecule is FC(F)(Cl)[C@@](F)(Br)C(F)(F)[C@@](F)(Cl)Br. The zero-order chi connectivity index (χ0) is 12.0. The minimum absolute atomic E-state index is 1.31. The van der Waals surface area contributed by atoms with Crippen LogP contribution in [0.5, 0.6) is 0 Å². The fourth-order valence-electron chi connectivity index (χ4n) is 0.356. The van der Waals surface area contributed by atoms with Crippen LogP contribution in [0.4, 0.5) is 26.3 Å². The Labute approximate surface area is 101 Å². The number of hydrogen-bond donors (Lipinski definition) is 0. The molecule has 0 aromatic heterocycles. The summed E-state index contributed by atoms with van der Waals surface area (Å²) in [5.41, 5.74) is 0. The van der Waals surface area contributed by atoms with E-state index in [1.165, 1.54) is 31.9 Å². The second-order valence-corrected chi connectivity index (χ2v) is 5.78. The predicted octanol–water partition coefficient (Wildman–Crippen LogP) is 4.77. The van der Waals surface area contributed by atoms with Crippen molar-refractivity contribution in [3.8, 4) is 0 Å². The molecule has 14 heavy (non-hydrogen) atoms. The monoisotopic (exact) mass is 390 g/mol. The van der Waals surface area contributed by atoms with Crippen molar-refractivity contribution in [2.24, 2.45) is 0 Å². The van der Waals surface area contributed by atoms with E-state index in [1.54, 1.807) is 0 Å². The summed E-state index contributed by atoms with van der Waals surface area (Å²) >= 11 is 11.2. The summed E-state index contributed by atoms with van der Waals surface area (Å²) in [5.74, 6) is -5.30. The van der Waals surface area contributed by atoms with Gasteiger partial charge in [0.15, 0.2) is 0 Å². The van der Waals surface area contributed by atoms with Crippen molar-refractivity contribution in [3.63, 3.8) is 0 Å². The Bertz CT molecular complexity index is 195. The molecule has 0 heterocycles. The van der Waals surface area contributed by atoms with Crippen LogP contribution in [0, 0.1) is 0 Å². The van der Waals surface area contributed by atoms with Crippen LogP contribution in [0.1, 0.15) is 0 Å². The van der Waals surface area contributed by atoms with Gasteiger partial charge < -0.3 is 0 Å². The van der Waals surface area contributed by atoms with Crippen LogP contribution in [0.25, 0.3) is 0 Å². The van der Waals surface area contributed by atoms with Crippen LogP contribution >= 0.6 is 55.1 Å². The molecule has 2 atom stereocenters. The fraction of sp³-hybridized carbons (Fsp3) is 1.00. The number of hydrogen-bond acceptors (Lipinski definition) is 0. The first kappa shape index (κ1) is 15.1. The van der Waals surface area contributed by atoms with E-state index >= 15 is 0 Å². The molecule has 0 rings (SSSR count). The summed E-state index contributed by atoms with van der Waals surface area (Å²) in [7, 11) is 0. The van der Waals surface area contributed by atoms with E-state index in [1.807, 2.05) is 0 Å².